The van der Waals surface area contributed by atoms with Crippen LogP contribution in [0.25, 0.3) is 0 Å². The van der Waals surface area contributed by atoms with Crippen LogP contribution in [0, 0.1) is 6.92 Å². The Hall–Kier alpha value is -0.730. The van der Waals surface area contributed by atoms with Crippen LogP contribution < -0.4 is 4.74 Å². The first-order valence-corrected chi connectivity index (χ1v) is 4.99. The molecule has 0 aliphatic carbocycles. The minimum absolute atomic E-state index is 0.255. The van der Waals surface area contributed by atoms with Crippen molar-refractivity contribution in [2.75, 3.05) is 0 Å². The summed E-state index contributed by atoms with van der Waals surface area (Å²) in [4.78, 5) is 0. The second-order valence-electron chi connectivity index (χ2n) is 3.50. The van der Waals surface area contributed by atoms with Crippen LogP contribution in [0.5, 0.6) is 5.75 Å². The number of aliphatic hydroxyl groups is 1. The summed E-state index contributed by atoms with van der Waals surface area (Å²) in [5.41, 5.74) is 1.09. The molecule has 78 valence electrons. The van der Waals surface area contributed by atoms with Gasteiger partial charge in [-0.2, -0.15) is 0 Å². The zero-order valence-electron chi connectivity index (χ0n) is 8.62. The maximum atomic E-state index is 9.27. The van der Waals surface area contributed by atoms with Crippen molar-refractivity contribution in [2.45, 2.75) is 33.0 Å². The van der Waals surface area contributed by atoms with Crippen LogP contribution in [-0.4, -0.2) is 17.3 Å². The van der Waals surface area contributed by atoms with Gasteiger partial charge in [0.15, 0.2) is 0 Å². The quantitative estimate of drug-likeness (QED) is 0.839. The molecule has 0 spiro atoms. The Bertz CT molecular complexity index is 310. The molecule has 14 heavy (non-hydrogen) atoms. The first-order valence-electron chi connectivity index (χ1n) is 4.61. The van der Waals surface area contributed by atoms with E-state index < -0.39 is 6.10 Å². The number of hydrogen-bond donors (Lipinski definition) is 1. The van der Waals surface area contributed by atoms with Gasteiger partial charge < -0.3 is 9.84 Å². The Kier molecular flexibility index (Phi) is 3.78. The van der Waals surface area contributed by atoms with Crippen molar-refractivity contribution in [3.63, 3.8) is 0 Å². The first kappa shape index (κ1) is 11.3. The number of aryl methyl sites for hydroxylation is 1. The molecule has 2 nitrogen and oxygen atoms in total. The van der Waals surface area contributed by atoms with Crippen molar-refractivity contribution in [3.05, 3.63) is 28.8 Å². The molecule has 0 aliphatic heterocycles. The number of rotatable bonds is 3. The fraction of sp³-hybridized carbons (Fsp3) is 0.455. The highest BCUT2D eigenvalue weighted by Crippen LogP contribution is 2.26. The molecule has 1 rings (SSSR count). The molecule has 0 aromatic heterocycles. The summed E-state index contributed by atoms with van der Waals surface area (Å²) in [6, 6.07) is 5.57. The van der Waals surface area contributed by atoms with Crippen LogP contribution in [0.3, 0.4) is 0 Å². The van der Waals surface area contributed by atoms with Crippen LogP contribution in [0.1, 0.15) is 19.4 Å². The monoisotopic (exact) mass is 214 g/mol. The molecule has 1 N–H and O–H groups in total. The van der Waals surface area contributed by atoms with E-state index in [-0.39, 0.29) is 6.10 Å². The first-order chi connectivity index (χ1) is 6.50. The summed E-state index contributed by atoms with van der Waals surface area (Å²) >= 11 is 5.94. The molecule has 0 fully saturated rings. The lowest BCUT2D eigenvalue weighted by Crippen LogP contribution is -2.25. The summed E-state index contributed by atoms with van der Waals surface area (Å²) in [7, 11) is 0. The molecule has 0 radical (unpaired) electrons. The summed E-state index contributed by atoms with van der Waals surface area (Å²) in [5, 5.41) is 9.85. The van der Waals surface area contributed by atoms with E-state index in [1.807, 2.05) is 26.0 Å². The van der Waals surface area contributed by atoms with Gasteiger partial charge in [-0.1, -0.05) is 17.7 Å². The Morgan fingerprint density at radius 1 is 1.36 bits per heavy atom. The molecule has 1 aromatic carbocycles. The molecule has 0 aliphatic rings. The maximum absolute atomic E-state index is 9.27. The number of ether oxygens (including phenoxy) is 1. The van der Waals surface area contributed by atoms with Gasteiger partial charge in [0.25, 0.3) is 0 Å². The van der Waals surface area contributed by atoms with Crippen LogP contribution in [0.2, 0.25) is 5.02 Å². The van der Waals surface area contributed by atoms with Gasteiger partial charge >= 0.3 is 0 Å². The molecule has 0 bridgehead atoms. The van der Waals surface area contributed by atoms with Gasteiger partial charge in [0, 0.05) is 0 Å². The van der Waals surface area contributed by atoms with Crippen molar-refractivity contribution < 1.29 is 9.84 Å². The average Bonchev–Trinajstić information content (AvgIpc) is 2.11. The van der Waals surface area contributed by atoms with Crippen LogP contribution >= 0.6 is 11.6 Å². The van der Waals surface area contributed by atoms with Crippen molar-refractivity contribution in [1.82, 2.24) is 0 Å². The van der Waals surface area contributed by atoms with E-state index in [2.05, 4.69) is 0 Å². The van der Waals surface area contributed by atoms with Gasteiger partial charge in [0.2, 0.25) is 0 Å². The Labute approximate surface area is 89.5 Å². The summed E-state index contributed by atoms with van der Waals surface area (Å²) < 4.78 is 5.51. The van der Waals surface area contributed by atoms with Crippen molar-refractivity contribution in [2.24, 2.45) is 0 Å². The third-order valence-electron chi connectivity index (χ3n) is 2.08. The third kappa shape index (κ3) is 2.89. The van der Waals surface area contributed by atoms with Gasteiger partial charge in [0.05, 0.1) is 11.1 Å². The lowest BCUT2D eigenvalue weighted by atomic mass is 10.2. The average molecular weight is 215 g/mol. The molecular formula is C11H15ClO2. The molecule has 1 aromatic rings. The van der Waals surface area contributed by atoms with E-state index in [1.54, 1.807) is 13.0 Å². The fourth-order valence-electron chi connectivity index (χ4n) is 1.000. The normalized spacial score (nSPS) is 14.9. The lowest BCUT2D eigenvalue weighted by Gasteiger charge is -2.18. The van der Waals surface area contributed by atoms with E-state index in [9.17, 15) is 5.11 Å². The predicted molar refractivity (Wildman–Crippen MR) is 58.0 cm³/mol. The molecule has 0 saturated heterocycles. The molecule has 0 saturated carbocycles. The van der Waals surface area contributed by atoms with Crippen molar-refractivity contribution >= 4 is 11.6 Å². The summed E-state index contributed by atoms with van der Waals surface area (Å²) in [6.45, 7) is 5.47. The number of benzene rings is 1. The van der Waals surface area contributed by atoms with Gasteiger partial charge in [-0.15, -0.1) is 0 Å². The standard InChI is InChI=1S/C11H15ClO2/c1-7-4-5-10(12)11(6-7)14-9(3)8(2)13/h4-6,8-9,13H,1-3H3. The third-order valence-corrected chi connectivity index (χ3v) is 2.39. The van der Waals surface area contributed by atoms with Crippen LogP contribution in [0.15, 0.2) is 18.2 Å². The van der Waals surface area contributed by atoms with Gasteiger partial charge in [-0.25, -0.2) is 0 Å². The Morgan fingerprint density at radius 2 is 2.00 bits per heavy atom. The highest BCUT2D eigenvalue weighted by Gasteiger charge is 2.12. The number of halogens is 1. The Balaban J connectivity index is 2.80. The smallest absolute Gasteiger partial charge is 0.138 e. The van der Waals surface area contributed by atoms with E-state index in [4.69, 9.17) is 16.3 Å². The fourth-order valence-corrected chi connectivity index (χ4v) is 1.16. The van der Waals surface area contributed by atoms with Crippen molar-refractivity contribution in [3.8, 4) is 5.75 Å². The van der Waals surface area contributed by atoms with Gasteiger partial charge in [-0.05, 0) is 38.5 Å². The highest BCUT2D eigenvalue weighted by molar-refractivity contribution is 6.32. The second kappa shape index (κ2) is 4.67. The SMILES string of the molecule is Cc1ccc(Cl)c(OC(C)C(C)O)c1. The summed E-state index contributed by atoms with van der Waals surface area (Å²) in [5.74, 6) is 0.625. The number of hydrogen-bond acceptors (Lipinski definition) is 2. The minimum Gasteiger partial charge on any atom is -0.486 e. The predicted octanol–water partition coefficient (Wildman–Crippen LogP) is 2.80. The van der Waals surface area contributed by atoms with Gasteiger partial charge in [-0.3, -0.25) is 0 Å². The topological polar surface area (TPSA) is 29.5 Å². The highest BCUT2D eigenvalue weighted by atomic mass is 35.5. The van der Waals surface area contributed by atoms with E-state index in [1.165, 1.54) is 0 Å². The summed E-state index contributed by atoms with van der Waals surface area (Å²) in [6.07, 6.45) is -0.763. The van der Waals surface area contributed by atoms with Crippen molar-refractivity contribution in [1.29, 1.82) is 0 Å². The molecular weight excluding hydrogens is 200 g/mol. The van der Waals surface area contributed by atoms with E-state index in [0.717, 1.165) is 5.56 Å². The Morgan fingerprint density at radius 3 is 2.57 bits per heavy atom. The molecule has 0 amide bonds. The largest absolute Gasteiger partial charge is 0.486 e. The lowest BCUT2D eigenvalue weighted by molar-refractivity contribution is 0.0605. The number of aliphatic hydroxyl groups excluding tert-OH is 1. The zero-order valence-corrected chi connectivity index (χ0v) is 9.38. The maximum Gasteiger partial charge on any atom is 0.138 e. The molecule has 2 atom stereocenters. The second-order valence-corrected chi connectivity index (χ2v) is 3.90. The van der Waals surface area contributed by atoms with Crippen LogP contribution in [-0.2, 0) is 0 Å². The molecule has 2 unspecified atom stereocenters. The van der Waals surface area contributed by atoms with Crippen LogP contribution in [0.4, 0.5) is 0 Å². The molecule has 3 heteroatoms. The minimum atomic E-state index is -0.508. The van der Waals surface area contributed by atoms with E-state index in [0.29, 0.717) is 10.8 Å². The van der Waals surface area contributed by atoms with E-state index >= 15 is 0 Å². The van der Waals surface area contributed by atoms with Gasteiger partial charge in [0.1, 0.15) is 11.9 Å². The molecule has 0 heterocycles. The zero-order chi connectivity index (χ0) is 10.7.